The topological polar surface area (TPSA) is 97.3 Å². The molecule has 0 saturated carbocycles. The minimum atomic E-state index is -0.410. The van der Waals surface area contributed by atoms with Crippen molar-refractivity contribution in [3.63, 3.8) is 0 Å². The van der Waals surface area contributed by atoms with Crippen LogP contribution in [0.3, 0.4) is 0 Å². The molecular weight excluding hydrogens is 220 g/mol. The van der Waals surface area contributed by atoms with Crippen molar-refractivity contribution in [1.29, 1.82) is 5.26 Å². The monoisotopic (exact) mass is 230 g/mol. The molecule has 2 N–H and O–H groups in total. The lowest BCUT2D eigenvalue weighted by molar-refractivity contribution is -0.428. The van der Waals surface area contributed by atoms with E-state index in [1.54, 1.807) is 12.1 Å². The summed E-state index contributed by atoms with van der Waals surface area (Å²) in [6.45, 7) is 6.74. The van der Waals surface area contributed by atoms with Crippen molar-refractivity contribution < 1.29 is 4.92 Å². The van der Waals surface area contributed by atoms with Gasteiger partial charge in [-0.2, -0.15) is 0 Å². The molecule has 86 valence electrons. The lowest BCUT2D eigenvalue weighted by atomic mass is 9.98. The van der Waals surface area contributed by atoms with Crippen molar-refractivity contribution in [3.8, 4) is 6.07 Å². The highest BCUT2D eigenvalue weighted by Gasteiger charge is 2.16. The Morgan fingerprint density at radius 3 is 2.76 bits per heavy atom. The Kier molecular flexibility index (Phi) is 4.02. The summed E-state index contributed by atoms with van der Waals surface area (Å²) in [4.78, 5) is 13.1. The molecule has 1 rings (SSSR count). The molecule has 0 amide bonds. The summed E-state index contributed by atoms with van der Waals surface area (Å²) < 4.78 is 0. The Morgan fingerprint density at radius 1 is 1.65 bits per heavy atom. The molecule has 0 aromatic heterocycles. The lowest BCUT2D eigenvalue weighted by Crippen LogP contribution is -2.06. The molecule has 0 heterocycles. The Bertz CT molecular complexity index is 499. The second kappa shape index (κ2) is 5.47. The van der Waals surface area contributed by atoms with Gasteiger partial charge in [-0.3, -0.25) is 10.1 Å². The lowest BCUT2D eigenvalue weighted by Gasteiger charge is -2.10. The normalized spacial score (nSPS) is 15.9. The van der Waals surface area contributed by atoms with Gasteiger partial charge in [0.2, 0.25) is 5.70 Å². The zero-order valence-electron chi connectivity index (χ0n) is 9.01. The van der Waals surface area contributed by atoms with Crippen LogP contribution in [0.1, 0.15) is 19.3 Å². The van der Waals surface area contributed by atoms with Gasteiger partial charge in [-0.15, -0.1) is 0 Å². The third kappa shape index (κ3) is 3.18. The van der Waals surface area contributed by atoms with E-state index in [2.05, 4.69) is 4.85 Å². The highest BCUT2D eigenvalue weighted by molar-refractivity contribution is 5.35. The standard InChI is InChI=1S/C11H10N4O2/c1-14-11(7-12)10(13)6-8-2-4-9(5-3-8)15(16)17/h2,4H,3,5-6,13H2/b11-10-. The fraction of sp³-hybridized carbons (Fsp3) is 0.273. The summed E-state index contributed by atoms with van der Waals surface area (Å²) in [5.41, 5.74) is 6.77. The van der Waals surface area contributed by atoms with Crippen LogP contribution in [0.25, 0.3) is 4.85 Å². The molecule has 0 radical (unpaired) electrons. The van der Waals surface area contributed by atoms with Crippen molar-refractivity contribution in [2.45, 2.75) is 19.3 Å². The SMILES string of the molecule is [C-]#[N+]/C(C#N)=C(\N)CC1=CC=C([N+](=O)[O-])CC1. The van der Waals surface area contributed by atoms with Gasteiger partial charge in [0, 0.05) is 18.2 Å². The average molecular weight is 230 g/mol. The van der Waals surface area contributed by atoms with Gasteiger partial charge in [0.05, 0.1) is 17.6 Å². The molecule has 17 heavy (non-hydrogen) atoms. The first kappa shape index (κ1) is 12.5. The molecule has 0 bridgehead atoms. The Hall–Kier alpha value is -2.60. The van der Waals surface area contributed by atoms with Crippen LogP contribution in [0.5, 0.6) is 0 Å². The van der Waals surface area contributed by atoms with E-state index in [-0.39, 0.29) is 17.1 Å². The molecule has 0 saturated heterocycles. The molecule has 1 aliphatic carbocycles. The van der Waals surface area contributed by atoms with Gasteiger partial charge < -0.3 is 5.73 Å². The summed E-state index contributed by atoms with van der Waals surface area (Å²) in [6, 6.07) is 1.72. The maximum Gasteiger partial charge on any atom is 0.280 e. The molecule has 1 aliphatic rings. The van der Waals surface area contributed by atoms with Gasteiger partial charge >= 0.3 is 0 Å². The van der Waals surface area contributed by atoms with Crippen LogP contribution in [0, 0.1) is 28.0 Å². The molecule has 0 aromatic rings. The minimum absolute atomic E-state index is 0.116. The number of hydrogen-bond donors (Lipinski definition) is 1. The third-order valence-corrected chi connectivity index (χ3v) is 2.39. The van der Waals surface area contributed by atoms with Crippen LogP contribution in [0.4, 0.5) is 0 Å². The maximum atomic E-state index is 10.5. The van der Waals surface area contributed by atoms with Crippen molar-refractivity contribution in [1.82, 2.24) is 0 Å². The molecular formula is C11H10N4O2. The van der Waals surface area contributed by atoms with E-state index < -0.39 is 4.92 Å². The Labute approximate surface area is 98.3 Å². The number of nitro groups is 1. The van der Waals surface area contributed by atoms with E-state index in [4.69, 9.17) is 17.6 Å². The summed E-state index contributed by atoms with van der Waals surface area (Å²) in [5.74, 6) is 0. The summed E-state index contributed by atoms with van der Waals surface area (Å²) >= 11 is 0. The molecule has 0 aromatic carbocycles. The van der Waals surface area contributed by atoms with Crippen LogP contribution >= 0.6 is 0 Å². The zero-order chi connectivity index (χ0) is 12.8. The Balaban J connectivity index is 2.81. The fourth-order valence-electron chi connectivity index (χ4n) is 1.47. The summed E-state index contributed by atoms with van der Waals surface area (Å²) in [5, 5.41) is 19.1. The second-order valence-corrected chi connectivity index (χ2v) is 3.51. The summed E-state index contributed by atoms with van der Waals surface area (Å²) in [6.07, 6.45) is 4.27. The van der Waals surface area contributed by atoms with E-state index in [1.165, 1.54) is 6.08 Å². The van der Waals surface area contributed by atoms with Crippen LogP contribution < -0.4 is 5.73 Å². The summed E-state index contributed by atoms with van der Waals surface area (Å²) in [7, 11) is 0. The first-order valence-corrected chi connectivity index (χ1v) is 4.87. The predicted octanol–water partition coefficient (Wildman–Crippen LogP) is 1.87. The second-order valence-electron chi connectivity index (χ2n) is 3.51. The van der Waals surface area contributed by atoms with Crippen molar-refractivity contribution in [2.24, 2.45) is 5.73 Å². The third-order valence-electron chi connectivity index (χ3n) is 2.39. The zero-order valence-corrected chi connectivity index (χ0v) is 9.01. The van der Waals surface area contributed by atoms with Gasteiger partial charge in [0.25, 0.3) is 5.70 Å². The van der Waals surface area contributed by atoms with E-state index in [9.17, 15) is 10.1 Å². The minimum Gasteiger partial charge on any atom is -0.410 e. The van der Waals surface area contributed by atoms with Crippen LogP contribution in [0.2, 0.25) is 0 Å². The number of nitrogens with zero attached hydrogens (tertiary/aromatic N) is 3. The van der Waals surface area contributed by atoms with Gasteiger partial charge in [-0.05, 0) is 12.8 Å². The molecule has 6 nitrogen and oxygen atoms in total. The van der Waals surface area contributed by atoms with Crippen LogP contribution in [-0.4, -0.2) is 4.92 Å². The number of nitriles is 1. The number of nitrogens with two attached hydrogens (primary N) is 1. The maximum absolute atomic E-state index is 10.5. The molecule has 0 spiro atoms. The van der Waals surface area contributed by atoms with E-state index in [0.717, 1.165) is 5.57 Å². The van der Waals surface area contributed by atoms with Gasteiger partial charge in [-0.1, -0.05) is 11.6 Å². The Morgan fingerprint density at radius 2 is 2.35 bits per heavy atom. The van der Waals surface area contributed by atoms with Gasteiger partial charge in [0.15, 0.2) is 0 Å². The number of hydrogen-bond acceptors (Lipinski definition) is 4. The largest absolute Gasteiger partial charge is 0.410 e. The highest BCUT2D eigenvalue weighted by Crippen LogP contribution is 2.23. The fourth-order valence-corrected chi connectivity index (χ4v) is 1.47. The van der Waals surface area contributed by atoms with Crippen LogP contribution in [0.15, 0.2) is 34.8 Å². The number of rotatable bonds is 3. The molecule has 0 aliphatic heterocycles. The van der Waals surface area contributed by atoms with E-state index in [1.807, 2.05) is 0 Å². The van der Waals surface area contributed by atoms with Crippen molar-refractivity contribution in [2.75, 3.05) is 0 Å². The van der Waals surface area contributed by atoms with E-state index in [0.29, 0.717) is 19.3 Å². The first-order chi connectivity index (χ1) is 8.08. The average Bonchev–Trinajstić information content (AvgIpc) is 2.31. The molecule has 6 heteroatoms. The first-order valence-electron chi connectivity index (χ1n) is 4.87. The quantitative estimate of drug-likeness (QED) is 0.346. The van der Waals surface area contributed by atoms with E-state index >= 15 is 0 Å². The van der Waals surface area contributed by atoms with Gasteiger partial charge in [-0.25, -0.2) is 10.1 Å². The van der Waals surface area contributed by atoms with Crippen molar-refractivity contribution in [3.05, 3.63) is 56.3 Å². The molecule has 0 atom stereocenters. The van der Waals surface area contributed by atoms with Gasteiger partial charge in [0.1, 0.15) is 0 Å². The predicted molar refractivity (Wildman–Crippen MR) is 60.4 cm³/mol. The smallest absolute Gasteiger partial charge is 0.280 e. The molecule has 0 fully saturated rings. The number of allylic oxidation sites excluding steroid dienone is 5. The molecule has 0 unspecified atom stereocenters. The highest BCUT2D eigenvalue weighted by atomic mass is 16.6. The van der Waals surface area contributed by atoms with Crippen LogP contribution in [-0.2, 0) is 0 Å². The van der Waals surface area contributed by atoms with Crippen molar-refractivity contribution >= 4 is 0 Å².